The minimum absolute atomic E-state index is 0.220. The number of nitrogens with one attached hydrogen (secondary N) is 1. The van der Waals surface area contributed by atoms with Crippen LogP contribution in [-0.4, -0.2) is 28.3 Å². The monoisotopic (exact) mass is 324 g/mol. The van der Waals surface area contributed by atoms with E-state index in [4.69, 9.17) is 12.2 Å². The molecule has 21 heavy (non-hydrogen) atoms. The summed E-state index contributed by atoms with van der Waals surface area (Å²) >= 11 is 6.72. The van der Waals surface area contributed by atoms with Crippen molar-refractivity contribution in [2.75, 3.05) is 18.9 Å². The van der Waals surface area contributed by atoms with Crippen LogP contribution >= 0.6 is 23.6 Å². The first kappa shape index (κ1) is 15.8. The normalized spacial score (nSPS) is 10.8. The van der Waals surface area contributed by atoms with Gasteiger partial charge < -0.3 is 5.32 Å². The molecule has 0 unspecified atom stereocenters. The molecular weight excluding hydrogens is 307 g/mol. The topological polar surface area (TPSA) is 33.1 Å². The van der Waals surface area contributed by atoms with E-state index in [1.165, 1.54) is 23.5 Å². The number of nitrogens with zero attached hydrogens (tertiary/aromatic N) is 3. The molecule has 4 nitrogen and oxygen atoms in total. The highest BCUT2D eigenvalue weighted by Gasteiger charge is 2.07. The first-order valence-corrected chi connectivity index (χ1v) is 7.66. The van der Waals surface area contributed by atoms with E-state index in [0.29, 0.717) is 23.7 Å². The molecule has 1 heterocycles. The fourth-order valence-corrected chi connectivity index (χ4v) is 2.85. The number of halogens is 1. The van der Waals surface area contributed by atoms with Gasteiger partial charge in [0.2, 0.25) is 5.13 Å². The van der Waals surface area contributed by atoms with Crippen LogP contribution < -0.4 is 5.32 Å². The van der Waals surface area contributed by atoms with Crippen LogP contribution in [0.15, 0.2) is 36.9 Å². The van der Waals surface area contributed by atoms with Gasteiger partial charge in [-0.1, -0.05) is 29.5 Å². The Bertz CT molecular complexity index is 665. The number of benzene rings is 1. The fourth-order valence-electron chi connectivity index (χ4n) is 1.85. The average molecular weight is 324 g/mol. The van der Waals surface area contributed by atoms with Crippen molar-refractivity contribution < 1.29 is 4.39 Å². The Labute approximate surface area is 132 Å². The second-order valence-corrected chi connectivity index (χ2v) is 6.25. The van der Waals surface area contributed by atoms with Crippen LogP contribution in [0.4, 0.5) is 9.52 Å². The van der Waals surface area contributed by atoms with Crippen molar-refractivity contribution in [1.29, 1.82) is 0 Å². The Balaban J connectivity index is 1.99. The quantitative estimate of drug-likeness (QED) is 0.624. The minimum Gasteiger partial charge on any atom is -0.357 e. The molecule has 1 N–H and O–H groups in total. The summed E-state index contributed by atoms with van der Waals surface area (Å²) in [5.74, 6) is -0.220. The third-order valence-electron chi connectivity index (χ3n) is 2.72. The van der Waals surface area contributed by atoms with Gasteiger partial charge in [-0.2, -0.15) is 0 Å². The Morgan fingerprint density at radius 2 is 2.38 bits per heavy atom. The molecule has 2 aromatic rings. The Morgan fingerprint density at radius 1 is 1.57 bits per heavy atom. The standard InChI is InChI=1S/C14H17FN4S2/c1-3-7-16-13-17-19(14(20)21-13)10-18(2)9-11-5-4-6-12(15)8-11/h3-6,8H,1,7,9-10H2,2H3,(H,16,17). The first-order chi connectivity index (χ1) is 10.1. The van der Waals surface area contributed by atoms with Crippen LogP contribution in [-0.2, 0) is 13.2 Å². The molecule has 0 atom stereocenters. The molecule has 0 spiro atoms. The molecule has 0 fully saturated rings. The molecule has 1 aromatic carbocycles. The van der Waals surface area contributed by atoms with Crippen molar-refractivity contribution in [3.63, 3.8) is 0 Å². The molecule has 0 saturated heterocycles. The molecular formula is C14H17FN4S2. The molecule has 7 heteroatoms. The maximum Gasteiger partial charge on any atom is 0.204 e. The van der Waals surface area contributed by atoms with E-state index in [2.05, 4.69) is 17.0 Å². The lowest BCUT2D eigenvalue weighted by molar-refractivity contribution is 0.245. The summed E-state index contributed by atoms with van der Waals surface area (Å²) in [5, 5.41) is 8.30. The van der Waals surface area contributed by atoms with Gasteiger partial charge in [0.05, 0.1) is 6.67 Å². The Morgan fingerprint density at radius 3 is 3.10 bits per heavy atom. The zero-order chi connectivity index (χ0) is 15.2. The second-order valence-electron chi connectivity index (χ2n) is 4.63. The van der Waals surface area contributed by atoms with Crippen LogP contribution in [0.5, 0.6) is 0 Å². The van der Waals surface area contributed by atoms with Gasteiger partial charge >= 0.3 is 0 Å². The highest BCUT2D eigenvalue weighted by Crippen LogP contribution is 2.15. The van der Waals surface area contributed by atoms with E-state index in [1.54, 1.807) is 16.8 Å². The van der Waals surface area contributed by atoms with E-state index in [0.717, 1.165) is 10.7 Å². The van der Waals surface area contributed by atoms with Crippen LogP contribution in [0.1, 0.15) is 5.56 Å². The largest absolute Gasteiger partial charge is 0.357 e. The van der Waals surface area contributed by atoms with E-state index in [1.807, 2.05) is 18.0 Å². The molecule has 0 amide bonds. The molecule has 0 radical (unpaired) electrons. The number of aromatic nitrogens is 2. The molecule has 0 bridgehead atoms. The van der Waals surface area contributed by atoms with Gasteiger partial charge in [-0.3, -0.25) is 4.90 Å². The van der Waals surface area contributed by atoms with E-state index in [-0.39, 0.29) is 5.82 Å². The van der Waals surface area contributed by atoms with E-state index >= 15 is 0 Å². The summed E-state index contributed by atoms with van der Waals surface area (Å²) in [6.45, 7) is 5.49. The number of hydrogen-bond donors (Lipinski definition) is 1. The fraction of sp³-hybridized carbons (Fsp3) is 0.286. The molecule has 1 aromatic heterocycles. The van der Waals surface area contributed by atoms with Gasteiger partial charge in [0.15, 0.2) is 3.95 Å². The molecule has 0 aliphatic heterocycles. The van der Waals surface area contributed by atoms with Gasteiger partial charge in [-0.05, 0) is 37.0 Å². The summed E-state index contributed by atoms with van der Waals surface area (Å²) < 4.78 is 15.6. The molecule has 0 aliphatic carbocycles. The third-order valence-corrected chi connectivity index (χ3v) is 3.99. The predicted molar refractivity (Wildman–Crippen MR) is 87.5 cm³/mol. The van der Waals surface area contributed by atoms with Crippen molar-refractivity contribution >= 4 is 28.7 Å². The zero-order valence-corrected chi connectivity index (χ0v) is 13.4. The van der Waals surface area contributed by atoms with Crippen molar-refractivity contribution in [3.05, 3.63) is 52.3 Å². The summed E-state index contributed by atoms with van der Waals surface area (Å²) in [6.07, 6.45) is 1.77. The Kier molecular flexibility index (Phi) is 5.60. The molecule has 0 aliphatic rings. The van der Waals surface area contributed by atoms with Crippen LogP contribution in [0, 0.1) is 9.77 Å². The van der Waals surface area contributed by atoms with Crippen LogP contribution in [0.25, 0.3) is 0 Å². The van der Waals surface area contributed by atoms with Crippen molar-refractivity contribution in [2.24, 2.45) is 0 Å². The minimum atomic E-state index is -0.220. The summed E-state index contributed by atoms with van der Waals surface area (Å²) in [6, 6.07) is 6.59. The van der Waals surface area contributed by atoms with Crippen molar-refractivity contribution in [3.8, 4) is 0 Å². The number of hydrogen-bond acceptors (Lipinski definition) is 5. The predicted octanol–water partition coefficient (Wildman–Crippen LogP) is 3.50. The number of rotatable bonds is 7. The van der Waals surface area contributed by atoms with Gasteiger partial charge in [0, 0.05) is 13.1 Å². The zero-order valence-electron chi connectivity index (χ0n) is 11.8. The Hall–Kier alpha value is -1.57. The highest BCUT2D eigenvalue weighted by atomic mass is 32.1. The summed E-state index contributed by atoms with van der Waals surface area (Å²) in [5.41, 5.74) is 0.921. The molecule has 112 valence electrons. The average Bonchev–Trinajstić information content (AvgIpc) is 2.77. The van der Waals surface area contributed by atoms with E-state index < -0.39 is 0 Å². The van der Waals surface area contributed by atoms with Gasteiger partial charge in [-0.25, -0.2) is 9.07 Å². The number of anilines is 1. The first-order valence-electron chi connectivity index (χ1n) is 6.44. The molecule has 2 rings (SSSR count). The summed E-state index contributed by atoms with van der Waals surface area (Å²) in [4.78, 5) is 2.03. The lowest BCUT2D eigenvalue weighted by Crippen LogP contribution is -2.22. The maximum atomic E-state index is 13.2. The van der Waals surface area contributed by atoms with E-state index in [9.17, 15) is 4.39 Å². The third kappa shape index (κ3) is 4.73. The van der Waals surface area contributed by atoms with Gasteiger partial charge in [0.1, 0.15) is 5.82 Å². The van der Waals surface area contributed by atoms with Gasteiger partial charge in [-0.15, -0.1) is 11.7 Å². The van der Waals surface area contributed by atoms with Gasteiger partial charge in [0.25, 0.3) is 0 Å². The SMILES string of the molecule is C=CCNc1nn(CN(C)Cc2cccc(F)c2)c(=S)s1. The lowest BCUT2D eigenvalue weighted by Gasteiger charge is -2.16. The summed E-state index contributed by atoms with van der Waals surface area (Å²) in [7, 11) is 1.95. The van der Waals surface area contributed by atoms with Crippen LogP contribution in [0.3, 0.4) is 0 Å². The lowest BCUT2D eigenvalue weighted by atomic mass is 10.2. The maximum absolute atomic E-state index is 13.2. The van der Waals surface area contributed by atoms with Crippen molar-refractivity contribution in [1.82, 2.24) is 14.7 Å². The van der Waals surface area contributed by atoms with Crippen LogP contribution in [0.2, 0.25) is 0 Å². The van der Waals surface area contributed by atoms with Crippen molar-refractivity contribution in [2.45, 2.75) is 13.2 Å². The smallest absolute Gasteiger partial charge is 0.204 e. The highest BCUT2D eigenvalue weighted by molar-refractivity contribution is 7.73. The second kappa shape index (κ2) is 7.44. The molecule has 0 saturated carbocycles.